The van der Waals surface area contributed by atoms with Crippen molar-refractivity contribution in [2.75, 3.05) is 11.9 Å². The van der Waals surface area contributed by atoms with Crippen LogP contribution in [0.1, 0.15) is 12.5 Å². The molecule has 0 radical (unpaired) electrons. The highest BCUT2D eigenvalue weighted by atomic mass is 35.5. The summed E-state index contributed by atoms with van der Waals surface area (Å²) in [4.78, 5) is 0. The van der Waals surface area contributed by atoms with Crippen LogP contribution in [0.4, 0.5) is 5.69 Å². The van der Waals surface area contributed by atoms with Crippen LogP contribution in [0.3, 0.4) is 0 Å². The average molecular weight is 276 g/mol. The Balaban J connectivity index is 1.72. The summed E-state index contributed by atoms with van der Waals surface area (Å²) >= 11 is 5.84. The Labute approximate surface area is 119 Å². The van der Waals surface area contributed by atoms with E-state index in [1.165, 1.54) is 0 Å². The SMILES string of the molecule is CC(CNc1ccccc1)OCc1ccc(Cl)cc1. The third kappa shape index (κ3) is 4.93. The number of anilines is 1. The van der Waals surface area contributed by atoms with Crippen molar-refractivity contribution >= 4 is 17.3 Å². The largest absolute Gasteiger partial charge is 0.382 e. The van der Waals surface area contributed by atoms with Crippen molar-refractivity contribution in [2.45, 2.75) is 19.6 Å². The minimum atomic E-state index is 0.149. The number of hydrogen-bond donors (Lipinski definition) is 1. The zero-order valence-electron chi connectivity index (χ0n) is 11.0. The van der Waals surface area contributed by atoms with Crippen LogP contribution in [0, 0.1) is 0 Å². The predicted molar refractivity (Wildman–Crippen MR) is 80.6 cm³/mol. The first-order chi connectivity index (χ1) is 9.24. The number of halogens is 1. The Morgan fingerprint density at radius 1 is 1.05 bits per heavy atom. The quantitative estimate of drug-likeness (QED) is 0.846. The van der Waals surface area contributed by atoms with Crippen molar-refractivity contribution in [3.05, 3.63) is 65.2 Å². The van der Waals surface area contributed by atoms with E-state index in [-0.39, 0.29) is 6.10 Å². The third-order valence-electron chi connectivity index (χ3n) is 2.82. The lowest BCUT2D eigenvalue weighted by atomic mass is 10.2. The third-order valence-corrected chi connectivity index (χ3v) is 3.07. The molecular weight excluding hydrogens is 258 g/mol. The van der Waals surface area contributed by atoms with Gasteiger partial charge in [-0.3, -0.25) is 0 Å². The van der Waals surface area contributed by atoms with Crippen LogP contribution in [0.25, 0.3) is 0 Å². The fourth-order valence-electron chi connectivity index (χ4n) is 1.70. The first-order valence-corrected chi connectivity index (χ1v) is 6.77. The maximum atomic E-state index is 5.84. The van der Waals surface area contributed by atoms with Crippen molar-refractivity contribution in [1.29, 1.82) is 0 Å². The molecule has 2 aromatic rings. The number of rotatable bonds is 6. The maximum absolute atomic E-state index is 5.84. The lowest BCUT2D eigenvalue weighted by Crippen LogP contribution is -2.19. The predicted octanol–water partition coefficient (Wildman–Crippen LogP) is 4.36. The van der Waals surface area contributed by atoms with Gasteiger partial charge in [-0.1, -0.05) is 41.9 Å². The van der Waals surface area contributed by atoms with Crippen LogP contribution in [-0.4, -0.2) is 12.6 Å². The van der Waals surface area contributed by atoms with Crippen molar-refractivity contribution in [3.63, 3.8) is 0 Å². The van der Waals surface area contributed by atoms with Gasteiger partial charge in [0.15, 0.2) is 0 Å². The Morgan fingerprint density at radius 3 is 2.42 bits per heavy atom. The van der Waals surface area contributed by atoms with Crippen LogP contribution in [0.2, 0.25) is 5.02 Å². The van der Waals surface area contributed by atoms with E-state index >= 15 is 0 Å². The van der Waals surface area contributed by atoms with E-state index in [4.69, 9.17) is 16.3 Å². The minimum absolute atomic E-state index is 0.149. The normalized spacial score (nSPS) is 12.1. The van der Waals surface area contributed by atoms with E-state index < -0.39 is 0 Å². The van der Waals surface area contributed by atoms with Crippen LogP contribution in [0.5, 0.6) is 0 Å². The van der Waals surface area contributed by atoms with E-state index in [2.05, 4.69) is 12.2 Å². The Kier molecular flexibility index (Phi) is 5.25. The van der Waals surface area contributed by atoms with Gasteiger partial charge in [-0.2, -0.15) is 0 Å². The summed E-state index contributed by atoms with van der Waals surface area (Å²) in [6.45, 7) is 3.46. The second-order valence-corrected chi connectivity index (χ2v) is 4.93. The Bertz CT molecular complexity index is 484. The zero-order valence-corrected chi connectivity index (χ0v) is 11.7. The molecule has 0 aliphatic carbocycles. The molecule has 0 fully saturated rings. The standard InChI is InChI=1S/C16H18ClNO/c1-13(11-18-16-5-3-2-4-6-16)19-12-14-7-9-15(17)10-8-14/h2-10,13,18H,11-12H2,1H3. The fraction of sp³-hybridized carbons (Fsp3) is 0.250. The van der Waals surface area contributed by atoms with E-state index in [0.717, 1.165) is 22.8 Å². The highest BCUT2D eigenvalue weighted by Crippen LogP contribution is 2.11. The van der Waals surface area contributed by atoms with Gasteiger partial charge < -0.3 is 10.1 Å². The molecule has 0 saturated carbocycles. The molecule has 2 rings (SSSR count). The summed E-state index contributed by atoms with van der Waals surface area (Å²) in [7, 11) is 0. The molecule has 0 bridgehead atoms. The molecule has 100 valence electrons. The molecule has 0 amide bonds. The van der Waals surface area contributed by atoms with Gasteiger partial charge >= 0.3 is 0 Å². The molecule has 3 heteroatoms. The first kappa shape index (κ1) is 13.9. The molecule has 1 atom stereocenters. The minimum Gasteiger partial charge on any atom is -0.382 e. The molecule has 0 spiro atoms. The van der Waals surface area contributed by atoms with E-state index in [1.54, 1.807) is 0 Å². The van der Waals surface area contributed by atoms with Crippen LogP contribution in [-0.2, 0) is 11.3 Å². The van der Waals surface area contributed by atoms with Gasteiger partial charge in [0.2, 0.25) is 0 Å². The first-order valence-electron chi connectivity index (χ1n) is 6.39. The molecule has 19 heavy (non-hydrogen) atoms. The summed E-state index contributed by atoms with van der Waals surface area (Å²) < 4.78 is 5.78. The summed E-state index contributed by atoms with van der Waals surface area (Å²) in [5.41, 5.74) is 2.25. The van der Waals surface area contributed by atoms with Gasteiger partial charge in [-0.15, -0.1) is 0 Å². The highest BCUT2D eigenvalue weighted by Gasteiger charge is 2.02. The molecule has 2 nitrogen and oxygen atoms in total. The molecule has 2 aromatic carbocycles. The summed E-state index contributed by atoms with van der Waals surface area (Å²) in [6, 6.07) is 17.9. The Morgan fingerprint density at radius 2 is 1.74 bits per heavy atom. The molecule has 0 aromatic heterocycles. The molecular formula is C16H18ClNO. The van der Waals surface area contributed by atoms with Crippen molar-refractivity contribution < 1.29 is 4.74 Å². The van der Waals surface area contributed by atoms with Crippen LogP contribution in [0.15, 0.2) is 54.6 Å². The molecule has 1 N–H and O–H groups in total. The van der Waals surface area contributed by atoms with Crippen LogP contribution >= 0.6 is 11.6 Å². The second-order valence-electron chi connectivity index (χ2n) is 4.50. The number of hydrogen-bond acceptors (Lipinski definition) is 2. The zero-order chi connectivity index (χ0) is 13.5. The van der Waals surface area contributed by atoms with Gasteiger partial charge in [-0.05, 0) is 36.8 Å². The second kappa shape index (κ2) is 7.17. The lowest BCUT2D eigenvalue weighted by molar-refractivity contribution is 0.0617. The average Bonchev–Trinajstić information content (AvgIpc) is 2.45. The van der Waals surface area contributed by atoms with E-state index in [1.807, 2.05) is 54.6 Å². The molecule has 0 heterocycles. The van der Waals surface area contributed by atoms with Gasteiger partial charge in [0.1, 0.15) is 0 Å². The van der Waals surface area contributed by atoms with Gasteiger partial charge in [0.25, 0.3) is 0 Å². The van der Waals surface area contributed by atoms with Gasteiger partial charge in [0.05, 0.1) is 12.7 Å². The van der Waals surface area contributed by atoms with E-state index in [0.29, 0.717) is 6.61 Å². The number of para-hydroxylation sites is 1. The highest BCUT2D eigenvalue weighted by molar-refractivity contribution is 6.30. The van der Waals surface area contributed by atoms with Gasteiger partial charge in [-0.25, -0.2) is 0 Å². The van der Waals surface area contributed by atoms with Gasteiger partial charge in [0, 0.05) is 17.3 Å². The molecule has 0 saturated heterocycles. The maximum Gasteiger partial charge on any atom is 0.0723 e. The number of nitrogens with one attached hydrogen (secondary N) is 1. The number of ether oxygens (including phenoxy) is 1. The van der Waals surface area contributed by atoms with Crippen molar-refractivity contribution in [2.24, 2.45) is 0 Å². The summed E-state index contributed by atoms with van der Waals surface area (Å²) in [5, 5.41) is 4.10. The smallest absolute Gasteiger partial charge is 0.0723 e. The van der Waals surface area contributed by atoms with E-state index in [9.17, 15) is 0 Å². The number of benzene rings is 2. The Hall–Kier alpha value is -1.51. The summed E-state index contributed by atoms with van der Waals surface area (Å²) in [6.07, 6.45) is 0.149. The summed E-state index contributed by atoms with van der Waals surface area (Å²) in [5.74, 6) is 0. The lowest BCUT2D eigenvalue weighted by Gasteiger charge is -2.15. The monoisotopic (exact) mass is 275 g/mol. The molecule has 0 aliphatic heterocycles. The molecule has 1 unspecified atom stereocenters. The van der Waals surface area contributed by atoms with Crippen molar-refractivity contribution in [3.8, 4) is 0 Å². The topological polar surface area (TPSA) is 21.3 Å². The van der Waals surface area contributed by atoms with Crippen LogP contribution < -0.4 is 5.32 Å². The fourth-order valence-corrected chi connectivity index (χ4v) is 1.82. The van der Waals surface area contributed by atoms with Crippen molar-refractivity contribution in [1.82, 2.24) is 0 Å². The molecule has 0 aliphatic rings.